The second-order valence-corrected chi connectivity index (χ2v) is 5.11. The molecule has 6 heteroatoms. The summed E-state index contributed by atoms with van der Waals surface area (Å²) in [7, 11) is 0. The Morgan fingerprint density at radius 2 is 2.20 bits per heavy atom. The van der Waals surface area contributed by atoms with Gasteiger partial charge in [-0.2, -0.15) is 13.9 Å². The average Bonchev–Trinajstić information content (AvgIpc) is 2.82. The number of hydrogen-bond acceptors (Lipinski definition) is 2. The van der Waals surface area contributed by atoms with E-state index in [4.69, 9.17) is 0 Å². The van der Waals surface area contributed by atoms with Crippen LogP contribution in [-0.4, -0.2) is 21.7 Å². The van der Waals surface area contributed by atoms with E-state index in [-0.39, 0.29) is 17.4 Å². The minimum absolute atomic E-state index is 0.0334. The Kier molecular flexibility index (Phi) is 4.52. The van der Waals surface area contributed by atoms with Crippen molar-refractivity contribution < 1.29 is 13.6 Å². The van der Waals surface area contributed by atoms with Crippen molar-refractivity contribution in [1.29, 1.82) is 0 Å². The molecule has 0 saturated carbocycles. The number of nitrogens with zero attached hydrogens (tertiary/aromatic N) is 2. The monoisotopic (exact) mass is 283 g/mol. The van der Waals surface area contributed by atoms with Gasteiger partial charge in [0, 0.05) is 11.7 Å². The largest absolute Gasteiger partial charge is 0.344 e. The quantitative estimate of drug-likeness (QED) is 0.862. The van der Waals surface area contributed by atoms with Crippen molar-refractivity contribution in [2.75, 3.05) is 0 Å². The lowest BCUT2D eigenvalue weighted by molar-refractivity contribution is 0.0538. The molecule has 0 aromatic carbocycles. The standard InChI is InChI=1S/C14H19F2N3O/c1-9-8-12(18-19(9)14(15)16)13(20)17-10(2)11-6-4-3-5-7-11/h6,8,10,14H,3-5,7H2,1-2H3,(H,17,20). The van der Waals surface area contributed by atoms with Crippen LogP contribution in [0.25, 0.3) is 0 Å². The molecule has 1 heterocycles. The average molecular weight is 283 g/mol. The second kappa shape index (κ2) is 6.15. The molecule has 1 aromatic heterocycles. The van der Waals surface area contributed by atoms with Gasteiger partial charge in [0.25, 0.3) is 5.91 Å². The summed E-state index contributed by atoms with van der Waals surface area (Å²) in [6.45, 7) is 0.685. The molecule has 1 aromatic rings. The number of aryl methyl sites for hydroxylation is 1. The number of allylic oxidation sites excluding steroid dienone is 1. The summed E-state index contributed by atoms with van der Waals surface area (Å²) in [5, 5.41) is 6.46. The Morgan fingerprint density at radius 1 is 1.45 bits per heavy atom. The maximum absolute atomic E-state index is 12.6. The van der Waals surface area contributed by atoms with Crippen molar-refractivity contribution in [2.45, 2.75) is 52.1 Å². The van der Waals surface area contributed by atoms with Gasteiger partial charge in [-0.15, -0.1) is 0 Å². The van der Waals surface area contributed by atoms with Gasteiger partial charge in [0.05, 0.1) is 0 Å². The Hall–Kier alpha value is -1.72. The minimum atomic E-state index is -2.73. The third kappa shape index (κ3) is 3.23. The predicted molar refractivity (Wildman–Crippen MR) is 71.7 cm³/mol. The zero-order valence-electron chi connectivity index (χ0n) is 11.7. The van der Waals surface area contributed by atoms with Crippen LogP contribution in [0.15, 0.2) is 17.7 Å². The van der Waals surface area contributed by atoms with Crippen LogP contribution in [0.3, 0.4) is 0 Å². The van der Waals surface area contributed by atoms with Gasteiger partial charge in [0.2, 0.25) is 0 Å². The minimum Gasteiger partial charge on any atom is -0.344 e. The molecule has 2 rings (SSSR count). The Balaban J connectivity index is 2.04. The molecule has 0 aliphatic heterocycles. The summed E-state index contributed by atoms with van der Waals surface area (Å²) in [6.07, 6.45) is 6.48. The fourth-order valence-electron chi connectivity index (χ4n) is 2.42. The number of halogens is 2. The van der Waals surface area contributed by atoms with E-state index in [9.17, 15) is 13.6 Å². The van der Waals surface area contributed by atoms with E-state index < -0.39 is 12.5 Å². The molecule has 0 bridgehead atoms. The summed E-state index contributed by atoms with van der Waals surface area (Å²) < 4.78 is 25.8. The maximum atomic E-state index is 12.6. The molecule has 1 aliphatic carbocycles. The molecule has 0 spiro atoms. The number of carbonyl (C=O) groups is 1. The summed E-state index contributed by atoms with van der Waals surface area (Å²) in [5.41, 5.74) is 1.51. The highest BCUT2D eigenvalue weighted by Gasteiger charge is 2.19. The second-order valence-electron chi connectivity index (χ2n) is 5.11. The van der Waals surface area contributed by atoms with E-state index in [2.05, 4.69) is 16.5 Å². The summed E-state index contributed by atoms with van der Waals surface area (Å²) >= 11 is 0. The van der Waals surface area contributed by atoms with Gasteiger partial charge >= 0.3 is 6.55 Å². The van der Waals surface area contributed by atoms with Crippen LogP contribution >= 0.6 is 0 Å². The number of hydrogen-bond donors (Lipinski definition) is 1. The van der Waals surface area contributed by atoms with Crippen molar-refractivity contribution in [3.8, 4) is 0 Å². The topological polar surface area (TPSA) is 46.9 Å². The van der Waals surface area contributed by atoms with E-state index in [1.54, 1.807) is 0 Å². The number of amides is 1. The van der Waals surface area contributed by atoms with Gasteiger partial charge in [0.15, 0.2) is 5.69 Å². The first-order valence-corrected chi connectivity index (χ1v) is 6.83. The molecular formula is C14H19F2N3O. The highest BCUT2D eigenvalue weighted by molar-refractivity contribution is 5.92. The van der Waals surface area contributed by atoms with Crippen molar-refractivity contribution >= 4 is 5.91 Å². The Morgan fingerprint density at radius 3 is 2.75 bits per heavy atom. The molecule has 20 heavy (non-hydrogen) atoms. The van der Waals surface area contributed by atoms with E-state index in [0.29, 0.717) is 4.68 Å². The fourth-order valence-corrected chi connectivity index (χ4v) is 2.42. The predicted octanol–water partition coefficient (Wildman–Crippen LogP) is 3.21. The molecule has 0 radical (unpaired) electrons. The molecule has 110 valence electrons. The van der Waals surface area contributed by atoms with Gasteiger partial charge in [0.1, 0.15) is 0 Å². The molecule has 4 nitrogen and oxygen atoms in total. The first-order valence-electron chi connectivity index (χ1n) is 6.83. The number of aromatic nitrogens is 2. The molecular weight excluding hydrogens is 264 g/mol. The van der Waals surface area contributed by atoms with Crippen LogP contribution in [0.5, 0.6) is 0 Å². The lowest BCUT2D eigenvalue weighted by atomic mass is 9.95. The molecule has 1 atom stereocenters. The summed E-state index contributed by atoms with van der Waals surface area (Å²) in [4.78, 5) is 12.0. The van der Waals surface area contributed by atoms with E-state index in [1.807, 2.05) is 6.92 Å². The van der Waals surface area contributed by atoms with Crippen molar-refractivity contribution in [3.05, 3.63) is 29.1 Å². The SMILES string of the molecule is Cc1cc(C(=O)NC(C)C2=CCCCC2)nn1C(F)F. The number of alkyl halides is 2. The number of nitrogens with one attached hydrogen (secondary N) is 1. The van der Waals surface area contributed by atoms with Crippen molar-refractivity contribution in [3.63, 3.8) is 0 Å². The van der Waals surface area contributed by atoms with Gasteiger partial charge < -0.3 is 5.32 Å². The summed E-state index contributed by atoms with van der Waals surface area (Å²) in [6, 6.07) is 1.29. The molecule has 1 aliphatic rings. The third-order valence-corrected chi connectivity index (χ3v) is 3.57. The van der Waals surface area contributed by atoms with Crippen LogP contribution in [0.1, 0.15) is 55.3 Å². The van der Waals surface area contributed by atoms with E-state index in [1.165, 1.54) is 25.0 Å². The smallest absolute Gasteiger partial charge is 0.333 e. The van der Waals surface area contributed by atoms with Gasteiger partial charge in [-0.1, -0.05) is 11.6 Å². The van der Waals surface area contributed by atoms with Gasteiger partial charge in [-0.3, -0.25) is 4.79 Å². The molecule has 1 N–H and O–H groups in total. The summed E-state index contributed by atoms with van der Waals surface area (Å²) in [5.74, 6) is -0.411. The van der Waals surface area contributed by atoms with E-state index in [0.717, 1.165) is 19.3 Å². The molecule has 0 fully saturated rings. The Labute approximate surface area is 116 Å². The molecule has 1 unspecified atom stereocenters. The highest BCUT2D eigenvalue weighted by Crippen LogP contribution is 2.20. The maximum Gasteiger partial charge on any atom is 0.333 e. The normalized spacial score (nSPS) is 16.9. The first kappa shape index (κ1) is 14.7. The highest BCUT2D eigenvalue weighted by atomic mass is 19.3. The zero-order valence-corrected chi connectivity index (χ0v) is 11.7. The van der Waals surface area contributed by atoms with E-state index >= 15 is 0 Å². The van der Waals surface area contributed by atoms with Crippen LogP contribution in [-0.2, 0) is 0 Å². The fraction of sp³-hybridized carbons (Fsp3) is 0.571. The van der Waals surface area contributed by atoms with Crippen molar-refractivity contribution in [1.82, 2.24) is 15.1 Å². The van der Waals surface area contributed by atoms with Gasteiger partial charge in [-0.25, -0.2) is 4.68 Å². The third-order valence-electron chi connectivity index (χ3n) is 3.57. The zero-order chi connectivity index (χ0) is 14.7. The lowest BCUT2D eigenvalue weighted by Gasteiger charge is -2.20. The molecule has 0 saturated heterocycles. The van der Waals surface area contributed by atoms with Gasteiger partial charge in [-0.05, 0) is 45.6 Å². The first-order chi connectivity index (χ1) is 9.49. The lowest BCUT2D eigenvalue weighted by Crippen LogP contribution is -2.34. The van der Waals surface area contributed by atoms with Crippen LogP contribution < -0.4 is 5.32 Å². The Bertz CT molecular complexity index is 522. The van der Waals surface area contributed by atoms with Crippen LogP contribution in [0.2, 0.25) is 0 Å². The number of carbonyl (C=O) groups excluding carboxylic acids is 1. The number of rotatable bonds is 4. The molecule has 1 amide bonds. The van der Waals surface area contributed by atoms with Crippen LogP contribution in [0.4, 0.5) is 8.78 Å². The van der Waals surface area contributed by atoms with Crippen molar-refractivity contribution in [2.24, 2.45) is 0 Å². The van der Waals surface area contributed by atoms with Crippen LogP contribution in [0, 0.1) is 6.92 Å².